The van der Waals surface area contributed by atoms with Gasteiger partial charge in [-0.05, 0) is 35.9 Å². The van der Waals surface area contributed by atoms with Gasteiger partial charge in [-0.3, -0.25) is 14.8 Å². The molecule has 0 spiro atoms. The molecule has 0 aliphatic carbocycles. The van der Waals surface area contributed by atoms with Gasteiger partial charge in [-0.15, -0.1) is 0 Å². The summed E-state index contributed by atoms with van der Waals surface area (Å²) in [6, 6.07) is 7.84. The largest absolute Gasteiger partial charge is 0.346 e. The van der Waals surface area contributed by atoms with Gasteiger partial charge in [0.2, 0.25) is 5.91 Å². The zero-order valence-corrected chi connectivity index (χ0v) is 13.8. The van der Waals surface area contributed by atoms with Gasteiger partial charge < -0.3 is 10.3 Å². The molecule has 0 unspecified atom stereocenters. The summed E-state index contributed by atoms with van der Waals surface area (Å²) in [7, 11) is 0. The van der Waals surface area contributed by atoms with Crippen molar-refractivity contribution in [3.63, 3.8) is 0 Å². The van der Waals surface area contributed by atoms with E-state index in [-0.39, 0.29) is 5.91 Å². The second kappa shape index (κ2) is 6.60. The van der Waals surface area contributed by atoms with Crippen molar-refractivity contribution in [2.24, 2.45) is 0 Å². The molecule has 4 heterocycles. The van der Waals surface area contributed by atoms with Gasteiger partial charge in [0.1, 0.15) is 5.65 Å². The highest BCUT2D eigenvalue weighted by molar-refractivity contribution is 5.99. The van der Waals surface area contributed by atoms with Crippen molar-refractivity contribution >= 4 is 22.6 Å². The molecular weight excluding hydrogens is 326 g/mol. The summed E-state index contributed by atoms with van der Waals surface area (Å²) in [5.74, 6) is -0.275. The number of amides is 1. The Bertz CT molecular complexity index is 1100. The van der Waals surface area contributed by atoms with E-state index in [1.54, 1.807) is 31.0 Å². The molecule has 126 valence electrons. The van der Waals surface area contributed by atoms with Crippen molar-refractivity contribution in [3.8, 4) is 22.3 Å². The Morgan fingerprint density at radius 2 is 1.85 bits per heavy atom. The fourth-order valence-electron chi connectivity index (χ4n) is 2.79. The Labute approximate surface area is 149 Å². The summed E-state index contributed by atoms with van der Waals surface area (Å²) >= 11 is 0. The molecule has 0 aromatic carbocycles. The molecule has 4 rings (SSSR count). The van der Waals surface area contributed by atoms with Crippen molar-refractivity contribution in [1.82, 2.24) is 19.9 Å². The van der Waals surface area contributed by atoms with Crippen LogP contribution in [0.25, 0.3) is 33.3 Å². The number of hydrogen-bond donors (Lipinski definition) is 2. The number of nitrogens with zero attached hydrogens (tertiary/aromatic N) is 3. The Morgan fingerprint density at radius 3 is 2.65 bits per heavy atom. The van der Waals surface area contributed by atoms with Crippen LogP contribution in [0.4, 0.5) is 5.69 Å². The van der Waals surface area contributed by atoms with Gasteiger partial charge >= 0.3 is 0 Å². The van der Waals surface area contributed by atoms with Crippen LogP contribution in [0.1, 0.15) is 0 Å². The smallest absolute Gasteiger partial charge is 0.247 e. The number of carbonyl (C=O) groups excluding carboxylic acids is 1. The molecule has 4 aromatic heterocycles. The van der Waals surface area contributed by atoms with E-state index in [1.165, 1.54) is 6.08 Å². The fraction of sp³-hybridized carbons (Fsp3) is 0. The average molecular weight is 341 g/mol. The van der Waals surface area contributed by atoms with Crippen molar-refractivity contribution in [2.45, 2.75) is 0 Å². The Kier molecular flexibility index (Phi) is 3.99. The number of hydrogen-bond acceptors (Lipinski definition) is 4. The van der Waals surface area contributed by atoms with Crippen LogP contribution in [0.15, 0.2) is 74.1 Å². The maximum Gasteiger partial charge on any atom is 0.247 e. The van der Waals surface area contributed by atoms with Gasteiger partial charge in [-0.2, -0.15) is 0 Å². The highest BCUT2D eigenvalue weighted by Crippen LogP contribution is 2.31. The molecule has 2 N–H and O–H groups in total. The van der Waals surface area contributed by atoms with Crippen LogP contribution < -0.4 is 5.32 Å². The molecule has 0 bridgehead atoms. The van der Waals surface area contributed by atoms with Crippen LogP contribution in [-0.2, 0) is 4.79 Å². The predicted molar refractivity (Wildman–Crippen MR) is 101 cm³/mol. The van der Waals surface area contributed by atoms with Crippen LogP contribution in [0.5, 0.6) is 0 Å². The quantitative estimate of drug-likeness (QED) is 0.553. The lowest BCUT2D eigenvalue weighted by Gasteiger charge is -2.06. The number of fused-ring (bicyclic) bond motifs is 1. The average Bonchev–Trinajstić information content (AvgIpc) is 3.12. The first kappa shape index (κ1) is 15.7. The molecule has 6 heteroatoms. The molecule has 4 aromatic rings. The first-order chi connectivity index (χ1) is 12.7. The number of carbonyl (C=O) groups is 1. The maximum atomic E-state index is 11.5. The van der Waals surface area contributed by atoms with Crippen molar-refractivity contribution in [2.75, 3.05) is 5.32 Å². The summed E-state index contributed by atoms with van der Waals surface area (Å²) in [5.41, 5.74) is 5.31. The van der Waals surface area contributed by atoms with Crippen LogP contribution in [0.2, 0.25) is 0 Å². The predicted octanol–water partition coefficient (Wildman–Crippen LogP) is 3.81. The van der Waals surface area contributed by atoms with E-state index in [9.17, 15) is 4.79 Å². The third-order valence-corrected chi connectivity index (χ3v) is 4.05. The lowest BCUT2D eigenvalue weighted by molar-refractivity contribution is -0.111. The van der Waals surface area contributed by atoms with E-state index in [1.807, 2.05) is 24.4 Å². The molecule has 0 aliphatic rings. The van der Waals surface area contributed by atoms with Crippen molar-refractivity contribution in [1.29, 1.82) is 0 Å². The summed E-state index contributed by atoms with van der Waals surface area (Å²) in [5, 5.41) is 3.73. The van der Waals surface area contributed by atoms with E-state index in [4.69, 9.17) is 0 Å². The molecule has 26 heavy (non-hydrogen) atoms. The number of rotatable bonds is 4. The summed E-state index contributed by atoms with van der Waals surface area (Å²) in [4.78, 5) is 27.5. The standard InChI is InChI=1S/C20H15N5O/c1-2-19(26)25-16-7-14(9-22-11-16)15-8-17-18(12-24-20(17)23-10-15)13-3-5-21-6-4-13/h2-12H,1H2,(H,23,24)(H,25,26). The van der Waals surface area contributed by atoms with E-state index < -0.39 is 0 Å². The van der Waals surface area contributed by atoms with Crippen molar-refractivity contribution < 1.29 is 4.79 Å². The van der Waals surface area contributed by atoms with Gasteiger partial charge in [-0.25, -0.2) is 4.98 Å². The highest BCUT2D eigenvalue weighted by Gasteiger charge is 2.10. The van der Waals surface area contributed by atoms with E-state index in [0.29, 0.717) is 5.69 Å². The first-order valence-electron chi connectivity index (χ1n) is 8.01. The minimum absolute atomic E-state index is 0.275. The highest BCUT2D eigenvalue weighted by atomic mass is 16.1. The lowest BCUT2D eigenvalue weighted by Crippen LogP contribution is -2.07. The van der Waals surface area contributed by atoms with E-state index in [2.05, 4.69) is 37.9 Å². The minimum Gasteiger partial charge on any atom is -0.346 e. The third kappa shape index (κ3) is 2.95. The molecule has 0 radical (unpaired) electrons. The fourth-order valence-corrected chi connectivity index (χ4v) is 2.79. The van der Waals surface area contributed by atoms with Gasteiger partial charge in [0.25, 0.3) is 0 Å². The number of aromatic nitrogens is 4. The van der Waals surface area contributed by atoms with Gasteiger partial charge in [0.15, 0.2) is 0 Å². The normalized spacial score (nSPS) is 10.6. The van der Waals surface area contributed by atoms with Crippen LogP contribution >= 0.6 is 0 Å². The Morgan fingerprint density at radius 1 is 1.04 bits per heavy atom. The van der Waals surface area contributed by atoms with Crippen LogP contribution in [-0.4, -0.2) is 25.8 Å². The maximum absolute atomic E-state index is 11.5. The summed E-state index contributed by atoms with van der Waals surface area (Å²) < 4.78 is 0. The zero-order chi connectivity index (χ0) is 17.9. The second-order valence-electron chi connectivity index (χ2n) is 5.71. The van der Waals surface area contributed by atoms with Crippen LogP contribution in [0.3, 0.4) is 0 Å². The van der Waals surface area contributed by atoms with Gasteiger partial charge in [-0.1, -0.05) is 6.58 Å². The van der Waals surface area contributed by atoms with Gasteiger partial charge in [0.05, 0.1) is 11.9 Å². The van der Waals surface area contributed by atoms with E-state index >= 15 is 0 Å². The third-order valence-electron chi connectivity index (χ3n) is 4.05. The lowest BCUT2D eigenvalue weighted by atomic mass is 10.0. The molecule has 0 aliphatic heterocycles. The molecule has 0 fully saturated rings. The van der Waals surface area contributed by atoms with Crippen LogP contribution in [0, 0.1) is 0 Å². The number of H-pyrrole nitrogens is 1. The number of pyridine rings is 3. The second-order valence-corrected chi connectivity index (χ2v) is 5.71. The molecule has 0 saturated carbocycles. The molecular formula is C20H15N5O. The molecule has 0 atom stereocenters. The number of anilines is 1. The number of aromatic amines is 1. The Hall–Kier alpha value is -3.80. The topological polar surface area (TPSA) is 83.6 Å². The van der Waals surface area contributed by atoms with Gasteiger partial charge in [0, 0.05) is 53.1 Å². The molecule has 1 amide bonds. The monoisotopic (exact) mass is 341 g/mol. The van der Waals surface area contributed by atoms with E-state index in [0.717, 1.165) is 33.3 Å². The minimum atomic E-state index is -0.275. The first-order valence-corrected chi connectivity index (χ1v) is 8.01. The SMILES string of the molecule is C=CC(=O)Nc1cncc(-c2cnc3[nH]cc(-c4ccncc4)c3c2)c1. The Balaban J connectivity index is 1.77. The summed E-state index contributed by atoms with van der Waals surface area (Å²) in [6.45, 7) is 3.45. The zero-order valence-electron chi connectivity index (χ0n) is 13.8. The summed E-state index contributed by atoms with van der Waals surface area (Å²) in [6.07, 6.45) is 11.8. The molecule has 0 saturated heterocycles. The van der Waals surface area contributed by atoms with Crippen molar-refractivity contribution in [3.05, 3.63) is 74.1 Å². The molecule has 6 nitrogen and oxygen atoms in total. The number of nitrogens with one attached hydrogen (secondary N) is 2.